The summed E-state index contributed by atoms with van der Waals surface area (Å²) >= 11 is 0. The smallest absolute Gasteiger partial charge is 0.0416 e. The van der Waals surface area contributed by atoms with Crippen molar-refractivity contribution < 1.29 is 0 Å². The number of nitrogens with zero attached hydrogens (tertiary/aromatic N) is 2. The van der Waals surface area contributed by atoms with Crippen molar-refractivity contribution in [2.24, 2.45) is 0 Å². The molecule has 0 unspecified atom stereocenters. The van der Waals surface area contributed by atoms with E-state index in [2.05, 4.69) is 34.3 Å². The van der Waals surface area contributed by atoms with Crippen LogP contribution in [0.15, 0.2) is 24.4 Å². The molecule has 17 heavy (non-hydrogen) atoms. The summed E-state index contributed by atoms with van der Waals surface area (Å²) < 4.78 is 0. The predicted molar refractivity (Wildman–Crippen MR) is 71.1 cm³/mol. The first kappa shape index (κ1) is 12.5. The summed E-state index contributed by atoms with van der Waals surface area (Å²) in [5, 5.41) is 3.65. The third-order valence-electron chi connectivity index (χ3n) is 3.58. The van der Waals surface area contributed by atoms with Gasteiger partial charge in [0.05, 0.1) is 0 Å². The first-order valence-corrected chi connectivity index (χ1v) is 6.74. The molecule has 3 heteroatoms. The van der Waals surface area contributed by atoms with Gasteiger partial charge in [-0.2, -0.15) is 0 Å². The van der Waals surface area contributed by atoms with Crippen LogP contribution in [0, 0.1) is 0 Å². The van der Waals surface area contributed by atoms with E-state index in [9.17, 15) is 0 Å². The fourth-order valence-corrected chi connectivity index (χ4v) is 2.40. The van der Waals surface area contributed by atoms with Crippen LogP contribution >= 0.6 is 0 Å². The van der Waals surface area contributed by atoms with E-state index in [1.165, 1.54) is 38.2 Å². The molecule has 1 aliphatic rings. The zero-order valence-corrected chi connectivity index (χ0v) is 10.7. The van der Waals surface area contributed by atoms with Gasteiger partial charge in [-0.05, 0) is 44.6 Å². The predicted octanol–water partition coefficient (Wildman–Crippen LogP) is 1.70. The Labute approximate surface area is 104 Å². The lowest BCUT2D eigenvalue weighted by Crippen LogP contribution is -2.42. The van der Waals surface area contributed by atoms with E-state index in [4.69, 9.17) is 0 Å². The van der Waals surface area contributed by atoms with Gasteiger partial charge in [0.2, 0.25) is 0 Å². The number of hydrogen-bond acceptors (Lipinski definition) is 3. The van der Waals surface area contributed by atoms with Crippen LogP contribution in [-0.2, 0) is 6.42 Å². The summed E-state index contributed by atoms with van der Waals surface area (Å²) in [7, 11) is 0. The highest BCUT2D eigenvalue weighted by atomic mass is 15.1. The highest BCUT2D eigenvalue weighted by molar-refractivity contribution is 5.03. The highest BCUT2D eigenvalue weighted by Crippen LogP contribution is 2.09. The molecule has 0 aromatic carbocycles. The van der Waals surface area contributed by atoms with E-state index in [1.54, 1.807) is 0 Å². The molecule has 94 valence electrons. The lowest BCUT2D eigenvalue weighted by atomic mass is 10.0. The summed E-state index contributed by atoms with van der Waals surface area (Å²) in [6.07, 6.45) is 5.48. The molecule has 2 rings (SSSR count). The highest BCUT2D eigenvalue weighted by Gasteiger charge is 2.16. The van der Waals surface area contributed by atoms with E-state index < -0.39 is 0 Å². The van der Waals surface area contributed by atoms with Crippen molar-refractivity contribution >= 4 is 0 Å². The maximum atomic E-state index is 4.34. The Bertz CT molecular complexity index is 305. The molecule has 0 aliphatic carbocycles. The molecule has 1 fully saturated rings. The Hall–Kier alpha value is -0.930. The Morgan fingerprint density at radius 3 is 2.82 bits per heavy atom. The largest absolute Gasteiger partial charge is 0.313 e. The second-order valence-electron chi connectivity index (χ2n) is 4.73. The molecular weight excluding hydrogens is 210 g/mol. The number of nitrogens with one attached hydrogen (secondary N) is 1. The van der Waals surface area contributed by atoms with Crippen molar-refractivity contribution in [2.45, 2.75) is 32.2 Å². The van der Waals surface area contributed by atoms with Crippen molar-refractivity contribution in [3.8, 4) is 0 Å². The molecule has 3 nitrogen and oxygen atoms in total. The van der Waals surface area contributed by atoms with Crippen LogP contribution in [0.25, 0.3) is 0 Å². The van der Waals surface area contributed by atoms with Gasteiger partial charge in [-0.3, -0.25) is 4.98 Å². The standard InChI is InChI=1S/C14H23N3/c1-2-17-11-7-14(8-12-17)16-10-6-13-5-3-4-9-15-13/h3-5,9,14,16H,2,6-8,10-12H2,1H3. The Balaban J connectivity index is 1.63. The summed E-state index contributed by atoms with van der Waals surface area (Å²) in [6.45, 7) is 6.98. The van der Waals surface area contributed by atoms with Crippen LogP contribution in [0.1, 0.15) is 25.5 Å². The second kappa shape index (κ2) is 6.72. The fraction of sp³-hybridized carbons (Fsp3) is 0.643. The van der Waals surface area contributed by atoms with Crippen molar-refractivity contribution in [2.75, 3.05) is 26.2 Å². The summed E-state index contributed by atoms with van der Waals surface area (Å²) in [4.78, 5) is 6.86. The SMILES string of the molecule is CCN1CCC(NCCc2ccccn2)CC1. The molecule has 0 radical (unpaired) electrons. The molecule has 1 N–H and O–H groups in total. The second-order valence-corrected chi connectivity index (χ2v) is 4.73. The van der Waals surface area contributed by atoms with Crippen LogP contribution in [0.3, 0.4) is 0 Å². The number of aromatic nitrogens is 1. The minimum Gasteiger partial charge on any atom is -0.313 e. The zero-order valence-electron chi connectivity index (χ0n) is 10.7. The average Bonchev–Trinajstić information content (AvgIpc) is 2.41. The third kappa shape index (κ3) is 4.10. The fourth-order valence-electron chi connectivity index (χ4n) is 2.40. The van der Waals surface area contributed by atoms with Crippen LogP contribution in [-0.4, -0.2) is 42.1 Å². The van der Waals surface area contributed by atoms with Gasteiger partial charge in [-0.25, -0.2) is 0 Å². The number of piperidine rings is 1. The minimum absolute atomic E-state index is 0.710. The van der Waals surface area contributed by atoms with Crippen LogP contribution in [0.2, 0.25) is 0 Å². The summed E-state index contributed by atoms with van der Waals surface area (Å²) in [5.41, 5.74) is 1.19. The molecule has 1 saturated heterocycles. The van der Waals surface area contributed by atoms with Gasteiger partial charge in [-0.15, -0.1) is 0 Å². The van der Waals surface area contributed by atoms with Crippen molar-refractivity contribution in [1.82, 2.24) is 15.2 Å². The topological polar surface area (TPSA) is 28.2 Å². The monoisotopic (exact) mass is 233 g/mol. The van der Waals surface area contributed by atoms with Gasteiger partial charge >= 0.3 is 0 Å². The third-order valence-corrected chi connectivity index (χ3v) is 3.58. The minimum atomic E-state index is 0.710. The molecule has 0 saturated carbocycles. The quantitative estimate of drug-likeness (QED) is 0.839. The van der Waals surface area contributed by atoms with Gasteiger partial charge in [0.25, 0.3) is 0 Å². The van der Waals surface area contributed by atoms with Crippen LogP contribution in [0.5, 0.6) is 0 Å². The van der Waals surface area contributed by atoms with E-state index in [0.29, 0.717) is 6.04 Å². The van der Waals surface area contributed by atoms with Crippen molar-refractivity contribution in [3.63, 3.8) is 0 Å². The molecule has 0 bridgehead atoms. The normalized spacial score (nSPS) is 18.4. The van der Waals surface area contributed by atoms with Crippen LogP contribution in [0.4, 0.5) is 0 Å². The summed E-state index contributed by atoms with van der Waals surface area (Å²) in [5.74, 6) is 0. The number of pyridine rings is 1. The van der Waals surface area contributed by atoms with Crippen molar-refractivity contribution in [1.29, 1.82) is 0 Å². The molecule has 0 spiro atoms. The Kier molecular flexibility index (Phi) is 4.95. The van der Waals surface area contributed by atoms with Crippen LogP contribution < -0.4 is 5.32 Å². The first-order chi connectivity index (χ1) is 8.38. The van der Waals surface area contributed by atoms with Gasteiger partial charge in [0, 0.05) is 30.9 Å². The van der Waals surface area contributed by atoms with E-state index in [0.717, 1.165) is 13.0 Å². The molecule has 0 atom stereocenters. The first-order valence-electron chi connectivity index (χ1n) is 6.74. The van der Waals surface area contributed by atoms with Gasteiger partial charge in [0.15, 0.2) is 0 Å². The van der Waals surface area contributed by atoms with Gasteiger partial charge < -0.3 is 10.2 Å². The Morgan fingerprint density at radius 2 is 2.18 bits per heavy atom. The zero-order chi connectivity index (χ0) is 11.9. The summed E-state index contributed by atoms with van der Waals surface area (Å²) in [6, 6.07) is 6.84. The lowest BCUT2D eigenvalue weighted by molar-refractivity contribution is 0.207. The number of likely N-dealkylation sites (tertiary alicyclic amines) is 1. The molecule has 2 heterocycles. The molecule has 0 amide bonds. The van der Waals surface area contributed by atoms with Gasteiger partial charge in [0.1, 0.15) is 0 Å². The molecular formula is C14H23N3. The van der Waals surface area contributed by atoms with Crippen molar-refractivity contribution in [3.05, 3.63) is 30.1 Å². The molecule has 1 aromatic rings. The molecule has 1 aliphatic heterocycles. The number of rotatable bonds is 5. The lowest BCUT2D eigenvalue weighted by Gasteiger charge is -2.31. The number of hydrogen-bond donors (Lipinski definition) is 1. The van der Waals surface area contributed by atoms with E-state index in [-0.39, 0.29) is 0 Å². The average molecular weight is 233 g/mol. The van der Waals surface area contributed by atoms with E-state index in [1.807, 2.05) is 12.3 Å². The van der Waals surface area contributed by atoms with Gasteiger partial charge in [-0.1, -0.05) is 13.0 Å². The Morgan fingerprint density at radius 1 is 1.35 bits per heavy atom. The maximum absolute atomic E-state index is 4.34. The van der Waals surface area contributed by atoms with E-state index >= 15 is 0 Å². The maximum Gasteiger partial charge on any atom is 0.0416 e. The molecule has 1 aromatic heterocycles.